The van der Waals surface area contributed by atoms with Crippen molar-refractivity contribution in [3.05, 3.63) is 46.7 Å². The molecule has 10 heteroatoms. The standard InChI is InChI=1S/C19H24ClF2N5O.HI/c1-23-19(24-10-15-8-16(20)3-4-17(15)28-18(21)22)27-6-5-13(12-27)7-14-9-25-26(2)11-14;/h3-4,8-9,11,13,18H,5-7,10,12H2,1-2H3,(H,23,24);1H. The molecule has 1 atom stereocenters. The molecule has 3 rings (SSSR count). The number of ether oxygens (including phenoxy) is 1. The van der Waals surface area contributed by atoms with Crippen molar-refractivity contribution in [2.75, 3.05) is 20.1 Å². The highest BCUT2D eigenvalue weighted by Gasteiger charge is 2.25. The van der Waals surface area contributed by atoms with E-state index in [1.807, 2.05) is 24.1 Å². The zero-order valence-corrected chi connectivity index (χ0v) is 19.4. The lowest BCUT2D eigenvalue weighted by molar-refractivity contribution is -0.0504. The third kappa shape index (κ3) is 6.70. The minimum atomic E-state index is -2.88. The Morgan fingerprint density at radius 2 is 2.24 bits per heavy atom. The number of hydrogen-bond donors (Lipinski definition) is 1. The molecule has 1 aromatic heterocycles. The molecule has 6 nitrogen and oxygen atoms in total. The van der Waals surface area contributed by atoms with Gasteiger partial charge in [0.1, 0.15) is 5.75 Å². The van der Waals surface area contributed by atoms with Gasteiger partial charge in [0.05, 0.1) is 6.20 Å². The fourth-order valence-corrected chi connectivity index (χ4v) is 3.70. The summed E-state index contributed by atoms with van der Waals surface area (Å²) < 4.78 is 31.6. The quantitative estimate of drug-likeness (QED) is 0.343. The lowest BCUT2D eigenvalue weighted by Crippen LogP contribution is -2.39. The molecule has 0 radical (unpaired) electrons. The van der Waals surface area contributed by atoms with Gasteiger partial charge in [-0.3, -0.25) is 9.67 Å². The van der Waals surface area contributed by atoms with E-state index in [-0.39, 0.29) is 29.7 Å². The Balaban J connectivity index is 0.00000300. The van der Waals surface area contributed by atoms with Crippen LogP contribution in [-0.2, 0) is 20.0 Å². The second-order valence-electron chi connectivity index (χ2n) is 6.86. The number of nitrogens with one attached hydrogen (secondary N) is 1. The molecule has 1 fully saturated rings. The first-order valence-corrected chi connectivity index (χ1v) is 9.48. The van der Waals surface area contributed by atoms with Crippen LogP contribution in [0.25, 0.3) is 0 Å². The van der Waals surface area contributed by atoms with Crippen LogP contribution >= 0.6 is 35.6 Å². The molecule has 2 heterocycles. The number of hydrogen-bond acceptors (Lipinski definition) is 3. The molecule has 1 aliphatic rings. The predicted molar refractivity (Wildman–Crippen MR) is 120 cm³/mol. The zero-order valence-electron chi connectivity index (χ0n) is 16.3. The van der Waals surface area contributed by atoms with Gasteiger partial charge >= 0.3 is 6.61 Å². The monoisotopic (exact) mass is 539 g/mol. The minimum Gasteiger partial charge on any atom is -0.434 e. The number of nitrogens with zero attached hydrogens (tertiary/aromatic N) is 4. The molecule has 160 valence electrons. The fourth-order valence-electron chi connectivity index (χ4n) is 3.51. The maximum absolute atomic E-state index is 12.6. The molecule has 0 saturated carbocycles. The van der Waals surface area contributed by atoms with Gasteiger partial charge < -0.3 is 15.0 Å². The van der Waals surface area contributed by atoms with Crippen molar-refractivity contribution in [3.8, 4) is 5.75 Å². The molecule has 0 spiro atoms. The van der Waals surface area contributed by atoms with Gasteiger partial charge in [-0.15, -0.1) is 24.0 Å². The average Bonchev–Trinajstić information content (AvgIpc) is 3.27. The smallest absolute Gasteiger partial charge is 0.387 e. The van der Waals surface area contributed by atoms with Crippen molar-refractivity contribution in [1.82, 2.24) is 20.0 Å². The molecule has 0 aliphatic carbocycles. The summed E-state index contributed by atoms with van der Waals surface area (Å²) in [6.07, 6.45) is 5.98. The Bertz CT molecular complexity index is 833. The van der Waals surface area contributed by atoms with Gasteiger partial charge in [0.15, 0.2) is 5.96 Å². The molecule has 1 unspecified atom stereocenters. The summed E-state index contributed by atoms with van der Waals surface area (Å²) in [6, 6.07) is 4.60. The first kappa shape index (κ1) is 23.7. The summed E-state index contributed by atoms with van der Waals surface area (Å²) in [4.78, 5) is 6.52. The lowest BCUT2D eigenvalue weighted by Gasteiger charge is -2.22. The Hall–Kier alpha value is -1.62. The number of alkyl halides is 2. The topological polar surface area (TPSA) is 54.7 Å². The molecule has 1 aliphatic heterocycles. The van der Waals surface area contributed by atoms with E-state index in [0.717, 1.165) is 31.9 Å². The van der Waals surface area contributed by atoms with E-state index in [4.69, 9.17) is 11.6 Å². The van der Waals surface area contributed by atoms with E-state index < -0.39 is 6.61 Å². The third-order valence-corrected chi connectivity index (χ3v) is 4.99. The summed E-state index contributed by atoms with van der Waals surface area (Å²) in [5, 5.41) is 7.92. The highest BCUT2D eigenvalue weighted by molar-refractivity contribution is 14.0. The predicted octanol–water partition coefficient (Wildman–Crippen LogP) is 3.93. The number of halogens is 4. The van der Waals surface area contributed by atoms with Gasteiger partial charge in [-0.1, -0.05) is 11.6 Å². The molecular weight excluding hydrogens is 515 g/mol. The van der Waals surface area contributed by atoms with E-state index >= 15 is 0 Å². The van der Waals surface area contributed by atoms with Crippen molar-refractivity contribution < 1.29 is 13.5 Å². The van der Waals surface area contributed by atoms with Crippen LogP contribution < -0.4 is 10.1 Å². The number of likely N-dealkylation sites (tertiary alicyclic amines) is 1. The van der Waals surface area contributed by atoms with Crippen molar-refractivity contribution in [2.45, 2.75) is 26.0 Å². The van der Waals surface area contributed by atoms with E-state index in [1.165, 1.54) is 17.7 Å². The van der Waals surface area contributed by atoms with Crippen molar-refractivity contribution in [2.24, 2.45) is 18.0 Å². The SMILES string of the molecule is CN=C(NCc1cc(Cl)ccc1OC(F)F)N1CCC(Cc2cnn(C)c2)C1.I. The van der Waals surface area contributed by atoms with Crippen LogP contribution in [0.5, 0.6) is 5.75 Å². The zero-order chi connectivity index (χ0) is 20.1. The Kier molecular flexibility index (Phi) is 8.94. The Morgan fingerprint density at radius 1 is 1.45 bits per heavy atom. The maximum Gasteiger partial charge on any atom is 0.387 e. The van der Waals surface area contributed by atoms with E-state index in [2.05, 4.69) is 25.0 Å². The van der Waals surface area contributed by atoms with Gasteiger partial charge in [0.2, 0.25) is 0 Å². The molecular formula is C19H25ClF2IN5O. The molecule has 0 amide bonds. The van der Waals surface area contributed by atoms with Crippen LogP contribution in [0.3, 0.4) is 0 Å². The molecule has 0 bridgehead atoms. The van der Waals surface area contributed by atoms with Gasteiger partial charge in [-0.05, 0) is 42.5 Å². The van der Waals surface area contributed by atoms with Crippen LogP contribution in [-0.4, -0.2) is 47.4 Å². The number of aryl methyl sites for hydroxylation is 1. The fraction of sp³-hybridized carbons (Fsp3) is 0.474. The second kappa shape index (κ2) is 11.0. The van der Waals surface area contributed by atoms with Crippen LogP contribution in [0.2, 0.25) is 5.02 Å². The molecule has 29 heavy (non-hydrogen) atoms. The number of benzene rings is 1. The first-order chi connectivity index (χ1) is 13.4. The number of aliphatic imine (C=N–C) groups is 1. The highest BCUT2D eigenvalue weighted by atomic mass is 127. The van der Waals surface area contributed by atoms with E-state index in [0.29, 0.717) is 23.0 Å². The summed E-state index contributed by atoms with van der Waals surface area (Å²) in [5.74, 6) is 1.36. The molecule has 1 aromatic carbocycles. The Labute approximate surface area is 191 Å². The van der Waals surface area contributed by atoms with Crippen LogP contribution in [0.4, 0.5) is 8.78 Å². The van der Waals surface area contributed by atoms with Crippen LogP contribution in [0, 0.1) is 5.92 Å². The molecule has 1 saturated heterocycles. The second-order valence-corrected chi connectivity index (χ2v) is 7.29. The summed E-state index contributed by atoms with van der Waals surface area (Å²) in [7, 11) is 3.63. The van der Waals surface area contributed by atoms with Gasteiger partial charge in [-0.2, -0.15) is 13.9 Å². The van der Waals surface area contributed by atoms with E-state index in [9.17, 15) is 8.78 Å². The summed E-state index contributed by atoms with van der Waals surface area (Å²) in [6.45, 7) is -0.824. The largest absolute Gasteiger partial charge is 0.434 e. The normalized spacial score (nSPS) is 16.8. The van der Waals surface area contributed by atoms with Crippen molar-refractivity contribution >= 4 is 41.5 Å². The Morgan fingerprint density at radius 3 is 2.90 bits per heavy atom. The van der Waals surface area contributed by atoms with Crippen molar-refractivity contribution in [1.29, 1.82) is 0 Å². The van der Waals surface area contributed by atoms with Crippen LogP contribution in [0.1, 0.15) is 17.5 Å². The third-order valence-electron chi connectivity index (χ3n) is 4.76. The van der Waals surface area contributed by atoms with Gasteiger partial charge in [0.25, 0.3) is 0 Å². The van der Waals surface area contributed by atoms with E-state index in [1.54, 1.807) is 13.1 Å². The minimum absolute atomic E-state index is 0. The lowest BCUT2D eigenvalue weighted by atomic mass is 10.0. The summed E-state index contributed by atoms with van der Waals surface area (Å²) in [5.41, 5.74) is 1.78. The van der Waals surface area contributed by atoms with Crippen molar-refractivity contribution in [3.63, 3.8) is 0 Å². The molecule has 1 N–H and O–H groups in total. The van der Waals surface area contributed by atoms with Gasteiger partial charge in [-0.25, -0.2) is 0 Å². The van der Waals surface area contributed by atoms with Gasteiger partial charge in [0, 0.05) is 50.5 Å². The average molecular weight is 540 g/mol. The number of rotatable bonds is 6. The first-order valence-electron chi connectivity index (χ1n) is 9.11. The number of aromatic nitrogens is 2. The summed E-state index contributed by atoms with van der Waals surface area (Å²) >= 11 is 6.01. The maximum atomic E-state index is 12.6. The van der Waals surface area contributed by atoms with Crippen LogP contribution in [0.15, 0.2) is 35.6 Å². The highest BCUT2D eigenvalue weighted by Crippen LogP contribution is 2.25. The number of guanidine groups is 1. The molecule has 2 aromatic rings.